The highest BCUT2D eigenvalue weighted by Gasteiger charge is 2.25. The number of rotatable bonds is 9. The van der Waals surface area contributed by atoms with Gasteiger partial charge in [-0.2, -0.15) is 31.6 Å². The molecule has 3 heterocycles. The van der Waals surface area contributed by atoms with Gasteiger partial charge in [0.25, 0.3) is 0 Å². The van der Waals surface area contributed by atoms with Crippen LogP contribution in [0.15, 0.2) is 237 Å². The summed E-state index contributed by atoms with van der Waals surface area (Å²) < 4.78 is 4.44. The number of hydrogen-bond donors (Lipinski definition) is 0. The third kappa shape index (κ3) is 8.52. The van der Waals surface area contributed by atoms with E-state index in [1.807, 2.05) is 146 Å². The number of hydrogen-bond acceptors (Lipinski definition) is 9. The van der Waals surface area contributed by atoms with E-state index in [1.165, 1.54) is 12.1 Å². The first-order valence-electron chi connectivity index (χ1n) is 27.4. The second-order valence-electron chi connectivity index (χ2n) is 20.6. The Labute approximate surface area is 493 Å². The highest BCUT2D eigenvalue weighted by Crippen LogP contribution is 2.45. The normalized spacial score (nSPS) is 11.0. The van der Waals surface area contributed by atoms with E-state index in [0.717, 1.165) is 93.9 Å². The minimum absolute atomic E-state index is 0.226. The molecule has 11 aromatic carbocycles. The zero-order valence-electron chi connectivity index (χ0n) is 45.4. The number of nitrogens with zero attached hydrogens (tertiary/aromatic N) is 11. The molecule has 86 heavy (non-hydrogen) atoms. The Morgan fingerprint density at radius 1 is 0.256 bits per heavy atom. The fourth-order valence-electron chi connectivity index (χ4n) is 12.0. The molecule has 0 atom stereocenters. The third-order valence-corrected chi connectivity index (χ3v) is 15.8. The predicted octanol–water partition coefficient (Wildman–Crippen LogP) is 17.0. The van der Waals surface area contributed by atoms with Crippen molar-refractivity contribution in [1.82, 2.24) is 24.1 Å². The van der Waals surface area contributed by atoms with E-state index in [-0.39, 0.29) is 16.7 Å². The van der Waals surface area contributed by atoms with Crippen LogP contribution in [-0.2, 0) is 0 Å². The van der Waals surface area contributed by atoms with Gasteiger partial charge in [0.05, 0.1) is 103 Å². The second-order valence-corrected chi connectivity index (χ2v) is 20.6. The van der Waals surface area contributed by atoms with Crippen molar-refractivity contribution in [2.45, 2.75) is 0 Å². The Kier molecular flexibility index (Phi) is 12.6. The van der Waals surface area contributed by atoms with Gasteiger partial charge in [0.1, 0.15) is 0 Å². The monoisotopic (exact) mass is 1090 g/mol. The summed E-state index contributed by atoms with van der Waals surface area (Å²) in [5.41, 5.74) is 15.0. The largest absolute Gasteiger partial charge is 0.309 e. The highest BCUT2D eigenvalue weighted by molar-refractivity contribution is 6.13. The number of benzene rings is 11. The van der Waals surface area contributed by atoms with Crippen LogP contribution in [0, 0.1) is 68.0 Å². The SMILES string of the molecule is N#Cc1cc(C#N)c(-c2ccc3c(c2)c2ccccc2n3-c2ccc(-c3nc(-c4ccccc4)nc(-c4ccccc4)n3)cc2-c2ccc(-n3c4ccccc4c4cc(-c5c(C#N)cccc5C#N)ccc43)c(-c3ccccc3C#N)c2)c(C#N)c1. The van der Waals surface area contributed by atoms with Crippen molar-refractivity contribution in [1.29, 1.82) is 31.6 Å². The molecule has 0 aliphatic rings. The molecule has 11 nitrogen and oxygen atoms in total. The van der Waals surface area contributed by atoms with Gasteiger partial charge in [-0.1, -0.05) is 140 Å². The van der Waals surface area contributed by atoms with Crippen molar-refractivity contribution in [3.05, 3.63) is 270 Å². The van der Waals surface area contributed by atoms with Crippen LogP contribution in [-0.4, -0.2) is 24.1 Å². The minimum atomic E-state index is 0.226. The molecule has 0 saturated heterocycles. The molecule has 0 fully saturated rings. The number of nitriles is 6. The molecular formula is C75H39N11. The minimum Gasteiger partial charge on any atom is -0.309 e. The van der Waals surface area contributed by atoms with Crippen molar-refractivity contribution >= 4 is 43.6 Å². The Morgan fingerprint density at radius 3 is 1.19 bits per heavy atom. The fourth-order valence-corrected chi connectivity index (χ4v) is 12.0. The molecular weight excluding hydrogens is 1050 g/mol. The molecule has 0 N–H and O–H groups in total. The smallest absolute Gasteiger partial charge is 0.164 e. The fraction of sp³-hybridized carbons (Fsp3) is 0. The maximum Gasteiger partial charge on any atom is 0.164 e. The van der Waals surface area contributed by atoms with Crippen molar-refractivity contribution in [3.8, 4) is 126 Å². The predicted molar refractivity (Wildman–Crippen MR) is 335 cm³/mol. The lowest BCUT2D eigenvalue weighted by molar-refractivity contribution is 1.07. The van der Waals surface area contributed by atoms with Crippen LogP contribution >= 0.6 is 0 Å². The molecule has 3 aromatic heterocycles. The van der Waals surface area contributed by atoms with Crippen LogP contribution in [0.5, 0.6) is 0 Å². The first-order valence-corrected chi connectivity index (χ1v) is 27.4. The lowest BCUT2D eigenvalue weighted by Crippen LogP contribution is -2.03. The summed E-state index contributed by atoms with van der Waals surface area (Å²) in [5, 5.41) is 65.6. The van der Waals surface area contributed by atoms with Crippen molar-refractivity contribution in [3.63, 3.8) is 0 Å². The van der Waals surface area contributed by atoms with Crippen molar-refractivity contribution in [2.75, 3.05) is 0 Å². The van der Waals surface area contributed by atoms with E-state index in [0.29, 0.717) is 56.4 Å². The van der Waals surface area contributed by atoms with Gasteiger partial charge in [-0.05, 0) is 114 Å². The molecule has 394 valence electrons. The summed E-state index contributed by atoms with van der Waals surface area (Å²) in [6, 6.07) is 90.0. The van der Waals surface area contributed by atoms with Crippen LogP contribution in [0.2, 0.25) is 0 Å². The van der Waals surface area contributed by atoms with Crippen LogP contribution in [0.4, 0.5) is 0 Å². The summed E-state index contributed by atoms with van der Waals surface area (Å²) in [7, 11) is 0. The summed E-state index contributed by atoms with van der Waals surface area (Å²) >= 11 is 0. The molecule has 0 amide bonds. The molecule has 14 rings (SSSR count). The van der Waals surface area contributed by atoms with E-state index < -0.39 is 0 Å². The molecule has 0 spiro atoms. The topological polar surface area (TPSA) is 191 Å². The average molecular weight is 1090 g/mol. The van der Waals surface area contributed by atoms with Gasteiger partial charge in [0.15, 0.2) is 17.5 Å². The summed E-state index contributed by atoms with van der Waals surface area (Å²) in [4.78, 5) is 15.4. The maximum absolute atomic E-state index is 10.9. The van der Waals surface area contributed by atoms with Crippen LogP contribution in [0.1, 0.15) is 33.4 Å². The first-order chi connectivity index (χ1) is 42.4. The standard InChI is InChI=1S/C75H39N11/c76-40-46-34-56(44-80)72(57(35-46)45-81)51-28-32-69-64(38-51)59-22-9-11-24-65(59)85(69)67-33-29-52(75-83-73(47-14-3-1-4-15-47)82-74(84-75)48-16-5-2-6-17-48)39-61(67)49-26-30-68(62(36-49)58-21-8-7-18-53(58)41-77)86-66-25-12-10-23-60(66)63-37-50(27-31-70(63)86)71-54(42-78)19-13-20-55(71)43-79/h1-39H. The zero-order valence-corrected chi connectivity index (χ0v) is 45.4. The summed E-state index contributed by atoms with van der Waals surface area (Å²) in [6.45, 7) is 0. The van der Waals surface area contributed by atoms with E-state index in [2.05, 4.69) is 106 Å². The first kappa shape index (κ1) is 51.1. The van der Waals surface area contributed by atoms with Gasteiger partial charge in [-0.25, -0.2) is 15.0 Å². The number of para-hydroxylation sites is 2. The van der Waals surface area contributed by atoms with Gasteiger partial charge >= 0.3 is 0 Å². The lowest BCUT2D eigenvalue weighted by atomic mass is 9.92. The van der Waals surface area contributed by atoms with Gasteiger partial charge in [-0.3, -0.25) is 0 Å². The second kappa shape index (κ2) is 21.1. The molecule has 11 heteroatoms. The summed E-state index contributed by atoms with van der Waals surface area (Å²) in [5.74, 6) is 1.48. The van der Waals surface area contributed by atoms with E-state index >= 15 is 0 Å². The van der Waals surface area contributed by atoms with Crippen molar-refractivity contribution in [2.24, 2.45) is 0 Å². The summed E-state index contributed by atoms with van der Waals surface area (Å²) in [6.07, 6.45) is 0. The van der Waals surface area contributed by atoms with Gasteiger partial charge in [-0.15, -0.1) is 0 Å². The van der Waals surface area contributed by atoms with Crippen LogP contribution in [0.3, 0.4) is 0 Å². The van der Waals surface area contributed by atoms with E-state index in [9.17, 15) is 31.6 Å². The van der Waals surface area contributed by atoms with Crippen LogP contribution < -0.4 is 0 Å². The van der Waals surface area contributed by atoms with Gasteiger partial charge in [0.2, 0.25) is 0 Å². The molecule has 0 radical (unpaired) electrons. The average Bonchev–Trinajstić information content (AvgIpc) is 1.78. The molecule has 0 bridgehead atoms. The maximum atomic E-state index is 10.9. The zero-order chi connectivity index (χ0) is 58.4. The third-order valence-electron chi connectivity index (χ3n) is 15.8. The molecule has 0 aliphatic heterocycles. The Morgan fingerprint density at radius 2 is 0.663 bits per heavy atom. The Bertz CT molecular complexity index is 5310. The molecule has 0 aliphatic carbocycles. The van der Waals surface area contributed by atoms with E-state index in [4.69, 9.17) is 15.0 Å². The van der Waals surface area contributed by atoms with Crippen molar-refractivity contribution < 1.29 is 0 Å². The highest BCUT2D eigenvalue weighted by atomic mass is 15.0. The van der Waals surface area contributed by atoms with E-state index in [1.54, 1.807) is 18.2 Å². The van der Waals surface area contributed by atoms with Crippen LogP contribution in [0.25, 0.3) is 134 Å². The Hall–Kier alpha value is -13.0. The van der Waals surface area contributed by atoms with Gasteiger partial charge in [0, 0.05) is 66.1 Å². The number of fused-ring (bicyclic) bond motifs is 6. The molecule has 14 aromatic rings. The molecule has 0 saturated carbocycles. The number of aromatic nitrogens is 5. The quantitative estimate of drug-likeness (QED) is 0.135. The lowest BCUT2D eigenvalue weighted by Gasteiger charge is -2.20. The Balaban J connectivity index is 1.05. The van der Waals surface area contributed by atoms with Gasteiger partial charge < -0.3 is 9.13 Å². The molecule has 0 unspecified atom stereocenters.